The third-order valence-corrected chi connectivity index (χ3v) is 9.02. The van der Waals surface area contributed by atoms with Gasteiger partial charge in [0.15, 0.2) is 0 Å². The summed E-state index contributed by atoms with van der Waals surface area (Å²) in [7, 11) is 0. The molecule has 2 saturated heterocycles. The van der Waals surface area contributed by atoms with Gasteiger partial charge in [-0.05, 0) is 73.5 Å². The number of carbonyl (C=O) groups is 3. The van der Waals surface area contributed by atoms with Crippen LogP contribution in [-0.4, -0.2) is 53.3 Å². The molecule has 1 aromatic heterocycles. The number of anilines is 1. The standard InChI is InChI=1S/C33H33FN6O4/c34-28-14-21(26(16-36)20-10-12-39(13-11-20)24-7-6-23(15-35)37-17-24)4-5-22(28)19-44-30-3-1-2-25-27(30)18-40(33(25)43)29-8-9-31(41)38-32(29)42/h1-7,14,17,20,26,29H,8-13,16,18-19,36H2,(H,38,41,42)/t26?,29-/m0/s1. The molecule has 2 atom stereocenters. The van der Waals surface area contributed by atoms with Gasteiger partial charge in [0, 0.05) is 36.2 Å². The van der Waals surface area contributed by atoms with Gasteiger partial charge >= 0.3 is 0 Å². The maximum Gasteiger partial charge on any atom is 0.255 e. The van der Waals surface area contributed by atoms with E-state index < -0.39 is 11.9 Å². The van der Waals surface area contributed by atoms with E-state index in [4.69, 9.17) is 15.7 Å². The summed E-state index contributed by atoms with van der Waals surface area (Å²) < 4.78 is 21.4. The molecule has 2 aromatic carbocycles. The van der Waals surface area contributed by atoms with E-state index in [1.807, 2.05) is 18.2 Å². The highest BCUT2D eigenvalue weighted by Crippen LogP contribution is 2.36. The Morgan fingerprint density at radius 1 is 1.11 bits per heavy atom. The van der Waals surface area contributed by atoms with Crippen molar-refractivity contribution in [1.82, 2.24) is 15.2 Å². The number of hydrogen-bond donors (Lipinski definition) is 2. The predicted molar refractivity (Wildman–Crippen MR) is 159 cm³/mol. The number of fused-ring (bicyclic) bond motifs is 1. The van der Waals surface area contributed by atoms with E-state index in [9.17, 15) is 14.4 Å². The SMILES string of the molecule is N#Cc1ccc(N2CCC(C(CN)c3ccc(COc4cccc5c4CN([C@H]4CCC(=O)NC4=O)C5=O)c(F)c3)CC2)cn1. The first-order chi connectivity index (χ1) is 21.4. The molecule has 11 heteroatoms. The van der Waals surface area contributed by atoms with E-state index in [-0.39, 0.29) is 49.5 Å². The van der Waals surface area contributed by atoms with Gasteiger partial charge in [-0.3, -0.25) is 19.7 Å². The van der Waals surface area contributed by atoms with Crippen LogP contribution in [0.2, 0.25) is 0 Å². The summed E-state index contributed by atoms with van der Waals surface area (Å²) in [5.74, 6) is -0.704. The second kappa shape index (κ2) is 12.4. The smallest absolute Gasteiger partial charge is 0.255 e. The lowest BCUT2D eigenvalue weighted by Gasteiger charge is -2.37. The summed E-state index contributed by atoms with van der Waals surface area (Å²) in [5, 5.41) is 11.3. The average molecular weight is 597 g/mol. The number of nitrogens with two attached hydrogens (primary N) is 1. The zero-order valence-electron chi connectivity index (χ0n) is 24.2. The van der Waals surface area contributed by atoms with Crippen molar-refractivity contribution in [1.29, 1.82) is 5.26 Å². The first kappa shape index (κ1) is 29.3. The average Bonchev–Trinajstić information content (AvgIpc) is 3.38. The van der Waals surface area contributed by atoms with Crippen molar-refractivity contribution in [3.8, 4) is 11.8 Å². The monoisotopic (exact) mass is 596 g/mol. The molecule has 4 heterocycles. The van der Waals surface area contributed by atoms with Crippen molar-refractivity contribution in [3.63, 3.8) is 0 Å². The molecule has 0 aliphatic carbocycles. The van der Waals surface area contributed by atoms with Crippen LogP contribution in [0, 0.1) is 23.1 Å². The van der Waals surface area contributed by atoms with E-state index >= 15 is 4.39 Å². The Labute approximate surface area is 254 Å². The maximum atomic E-state index is 15.4. The zero-order chi connectivity index (χ0) is 30.8. The molecule has 226 valence electrons. The number of hydrogen-bond acceptors (Lipinski definition) is 8. The number of rotatable bonds is 8. The lowest BCUT2D eigenvalue weighted by molar-refractivity contribution is -0.136. The van der Waals surface area contributed by atoms with E-state index in [0.29, 0.717) is 40.6 Å². The molecule has 3 aliphatic heterocycles. The van der Waals surface area contributed by atoms with Crippen LogP contribution in [0.25, 0.3) is 0 Å². The van der Waals surface area contributed by atoms with Gasteiger partial charge in [-0.1, -0.05) is 18.2 Å². The number of benzene rings is 2. The number of piperidine rings is 2. The van der Waals surface area contributed by atoms with Crippen molar-refractivity contribution < 1.29 is 23.5 Å². The molecule has 0 radical (unpaired) electrons. The molecule has 0 bridgehead atoms. The normalized spacial score (nSPS) is 19.4. The highest BCUT2D eigenvalue weighted by atomic mass is 19.1. The first-order valence-electron chi connectivity index (χ1n) is 14.8. The van der Waals surface area contributed by atoms with Gasteiger partial charge in [-0.15, -0.1) is 0 Å². The number of nitrogens with one attached hydrogen (secondary N) is 1. The summed E-state index contributed by atoms with van der Waals surface area (Å²) in [6.07, 6.45) is 3.99. The number of aromatic nitrogens is 1. The minimum Gasteiger partial charge on any atom is -0.488 e. The van der Waals surface area contributed by atoms with Gasteiger partial charge in [0.05, 0.1) is 18.4 Å². The Bertz CT molecular complexity index is 1630. The molecule has 44 heavy (non-hydrogen) atoms. The van der Waals surface area contributed by atoms with Crippen molar-refractivity contribution in [2.45, 2.75) is 50.8 Å². The quantitative estimate of drug-likeness (QED) is 0.377. The number of halogens is 1. The number of pyridine rings is 1. The van der Waals surface area contributed by atoms with Crippen molar-refractivity contribution in [2.75, 3.05) is 24.5 Å². The van der Waals surface area contributed by atoms with E-state index in [1.54, 1.807) is 42.6 Å². The number of imide groups is 1. The lowest BCUT2D eigenvalue weighted by atomic mass is 9.79. The van der Waals surface area contributed by atoms with Gasteiger partial charge in [0.1, 0.15) is 36.0 Å². The minimum atomic E-state index is -0.721. The first-order valence-corrected chi connectivity index (χ1v) is 14.8. The van der Waals surface area contributed by atoms with Gasteiger partial charge in [-0.25, -0.2) is 9.37 Å². The topological polar surface area (TPSA) is 142 Å². The molecule has 2 fully saturated rings. The maximum absolute atomic E-state index is 15.4. The summed E-state index contributed by atoms with van der Waals surface area (Å²) in [6.45, 7) is 2.21. The molecule has 0 spiro atoms. The van der Waals surface area contributed by atoms with Gasteiger partial charge in [-0.2, -0.15) is 5.26 Å². The van der Waals surface area contributed by atoms with E-state index in [2.05, 4.69) is 15.2 Å². The van der Waals surface area contributed by atoms with Crippen LogP contribution in [0.4, 0.5) is 10.1 Å². The number of nitrogens with zero attached hydrogens (tertiary/aromatic N) is 4. The Kier molecular flexibility index (Phi) is 8.26. The number of amides is 3. The van der Waals surface area contributed by atoms with Gasteiger partial charge < -0.3 is 20.3 Å². The van der Waals surface area contributed by atoms with Crippen LogP contribution < -0.4 is 20.7 Å². The Hall–Kier alpha value is -4.82. The van der Waals surface area contributed by atoms with Crippen molar-refractivity contribution >= 4 is 23.4 Å². The summed E-state index contributed by atoms with van der Waals surface area (Å²) in [5.41, 5.74) is 9.91. The number of carbonyl (C=O) groups excluding carboxylic acids is 3. The highest BCUT2D eigenvalue weighted by molar-refractivity contribution is 6.05. The Morgan fingerprint density at radius 2 is 1.93 bits per heavy atom. The van der Waals surface area contributed by atoms with E-state index in [1.165, 1.54) is 4.90 Å². The van der Waals surface area contributed by atoms with Crippen molar-refractivity contribution in [3.05, 3.63) is 88.5 Å². The third-order valence-electron chi connectivity index (χ3n) is 9.02. The predicted octanol–water partition coefficient (Wildman–Crippen LogP) is 3.39. The summed E-state index contributed by atoms with van der Waals surface area (Å²) >= 11 is 0. The van der Waals surface area contributed by atoms with Crippen molar-refractivity contribution in [2.24, 2.45) is 11.7 Å². The molecule has 1 unspecified atom stereocenters. The molecular formula is C33H33FN6O4. The zero-order valence-corrected chi connectivity index (χ0v) is 24.2. The van der Waals surface area contributed by atoms with Crippen LogP contribution in [0.5, 0.6) is 5.75 Å². The molecule has 3 aliphatic rings. The lowest BCUT2D eigenvalue weighted by Crippen LogP contribution is -2.52. The molecule has 6 rings (SSSR count). The van der Waals surface area contributed by atoms with Crippen LogP contribution in [0.1, 0.15) is 64.3 Å². The molecule has 0 saturated carbocycles. The second-order valence-electron chi connectivity index (χ2n) is 11.5. The largest absolute Gasteiger partial charge is 0.488 e. The Balaban J connectivity index is 1.09. The van der Waals surface area contributed by atoms with Crippen LogP contribution in [0.15, 0.2) is 54.7 Å². The molecule has 3 amide bonds. The fourth-order valence-electron chi connectivity index (χ4n) is 6.56. The number of ether oxygens (including phenoxy) is 1. The summed E-state index contributed by atoms with van der Waals surface area (Å²) in [4.78, 5) is 44.9. The Morgan fingerprint density at radius 3 is 2.61 bits per heavy atom. The fourth-order valence-corrected chi connectivity index (χ4v) is 6.56. The van der Waals surface area contributed by atoms with Gasteiger partial charge in [0.2, 0.25) is 11.8 Å². The van der Waals surface area contributed by atoms with Gasteiger partial charge in [0.25, 0.3) is 5.91 Å². The minimum absolute atomic E-state index is 0.0161. The molecule has 3 aromatic rings. The molecule has 10 nitrogen and oxygen atoms in total. The molecule has 3 N–H and O–H groups in total. The number of nitriles is 1. The van der Waals surface area contributed by atoms with Crippen LogP contribution in [0.3, 0.4) is 0 Å². The second-order valence-corrected chi connectivity index (χ2v) is 11.5. The van der Waals surface area contributed by atoms with Crippen LogP contribution >= 0.6 is 0 Å². The van der Waals surface area contributed by atoms with E-state index in [0.717, 1.165) is 37.2 Å². The molecular weight excluding hydrogens is 563 g/mol. The van der Waals surface area contributed by atoms with Crippen LogP contribution in [-0.2, 0) is 22.7 Å². The summed E-state index contributed by atoms with van der Waals surface area (Å²) in [6, 6.07) is 15.3. The highest BCUT2D eigenvalue weighted by Gasteiger charge is 2.40. The fraction of sp³-hybridized carbons (Fsp3) is 0.364. The third kappa shape index (κ3) is 5.73.